The molecule has 1 atom stereocenters. The zero-order chi connectivity index (χ0) is 20.6. The van der Waals surface area contributed by atoms with Crippen LogP contribution < -0.4 is 4.72 Å². The summed E-state index contributed by atoms with van der Waals surface area (Å²) < 4.78 is 28.4. The van der Waals surface area contributed by atoms with E-state index in [9.17, 15) is 13.2 Å². The van der Waals surface area contributed by atoms with Crippen molar-refractivity contribution < 1.29 is 18.3 Å². The van der Waals surface area contributed by atoms with Crippen LogP contribution in [-0.4, -0.2) is 19.5 Å². The average Bonchev–Trinajstić information content (AvgIpc) is 3.10. The van der Waals surface area contributed by atoms with E-state index in [0.29, 0.717) is 17.9 Å². The highest BCUT2D eigenvalue weighted by molar-refractivity contribution is 7.89. The molecule has 1 aromatic carbocycles. The van der Waals surface area contributed by atoms with Gasteiger partial charge in [0.1, 0.15) is 0 Å². The summed E-state index contributed by atoms with van der Waals surface area (Å²) in [5.41, 5.74) is 0. The van der Waals surface area contributed by atoms with E-state index >= 15 is 0 Å². The number of carboxylic acid groups (broad SMARTS) is 1. The minimum Gasteiger partial charge on any atom is -0.481 e. The van der Waals surface area contributed by atoms with Crippen LogP contribution in [0.15, 0.2) is 41.3 Å². The van der Waals surface area contributed by atoms with E-state index in [0.717, 1.165) is 35.4 Å². The maximum atomic E-state index is 12.8. The molecule has 1 heterocycles. The summed E-state index contributed by atoms with van der Waals surface area (Å²) in [6, 6.07) is 9.74. The van der Waals surface area contributed by atoms with Gasteiger partial charge in [-0.25, -0.2) is 13.1 Å². The Labute approximate surface area is 175 Å². The van der Waals surface area contributed by atoms with Gasteiger partial charge in [-0.2, -0.15) is 0 Å². The molecular formula is C20H26ClNO4S2. The fourth-order valence-corrected chi connectivity index (χ4v) is 5.45. The predicted molar refractivity (Wildman–Crippen MR) is 114 cm³/mol. The van der Waals surface area contributed by atoms with Gasteiger partial charge in [-0.05, 0) is 55.7 Å². The van der Waals surface area contributed by atoms with Crippen molar-refractivity contribution in [3.63, 3.8) is 0 Å². The summed E-state index contributed by atoms with van der Waals surface area (Å²) in [4.78, 5) is 12.9. The third-order valence-corrected chi connectivity index (χ3v) is 7.36. The molecule has 0 aliphatic rings. The molecule has 0 aliphatic heterocycles. The molecule has 0 aliphatic carbocycles. The number of rotatable bonds is 12. The Morgan fingerprint density at radius 3 is 2.50 bits per heavy atom. The molecule has 0 fully saturated rings. The molecule has 154 valence electrons. The molecule has 8 heteroatoms. The van der Waals surface area contributed by atoms with E-state index < -0.39 is 16.0 Å². The first-order valence-electron chi connectivity index (χ1n) is 9.40. The summed E-state index contributed by atoms with van der Waals surface area (Å²) in [7, 11) is -3.66. The van der Waals surface area contributed by atoms with Crippen LogP contribution in [0.3, 0.4) is 0 Å². The summed E-state index contributed by atoms with van der Waals surface area (Å²) in [6.07, 6.45) is 5.13. The number of hydrogen-bond acceptors (Lipinski definition) is 4. The van der Waals surface area contributed by atoms with Crippen molar-refractivity contribution in [1.29, 1.82) is 0 Å². The van der Waals surface area contributed by atoms with Gasteiger partial charge in [-0.3, -0.25) is 4.79 Å². The second-order valence-electron chi connectivity index (χ2n) is 6.67. The Bertz CT molecular complexity index is 863. The summed E-state index contributed by atoms with van der Waals surface area (Å²) in [5, 5.41) is 9.27. The Morgan fingerprint density at radius 2 is 1.86 bits per heavy atom. The zero-order valence-corrected chi connectivity index (χ0v) is 18.2. The lowest BCUT2D eigenvalue weighted by Crippen LogP contribution is -2.28. The van der Waals surface area contributed by atoms with Crippen LogP contribution in [0.2, 0.25) is 5.02 Å². The number of aliphatic carboxylic acids is 1. The molecule has 0 saturated carbocycles. The number of halogens is 1. The highest BCUT2D eigenvalue weighted by Crippen LogP contribution is 2.30. The van der Waals surface area contributed by atoms with Crippen molar-refractivity contribution in [2.45, 2.75) is 62.8 Å². The fourth-order valence-electron chi connectivity index (χ4n) is 2.86. The van der Waals surface area contributed by atoms with Gasteiger partial charge in [0.15, 0.2) is 0 Å². The minimum atomic E-state index is -3.66. The monoisotopic (exact) mass is 443 g/mol. The maximum Gasteiger partial charge on any atom is 0.303 e. The largest absolute Gasteiger partial charge is 0.481 e. The van der Waals surface area contributed by atoms with Crippen molar-refractivity contribution in [3.8, 4) is 0 Å². The molecule has 5 nitrogen and oxygen atoms in total. The second-order valence-corrected chi connectivity index (χ2v) is 10.0. The van der Waals surface area contributed by atoms with Crippen LogP contribution in [0, 0.1) is 0 Å². The SMILES string of the molecule is CCCCCC(NS(=O)(=O)c1ccc(Cl)cc1)c1ccc(CCCC(=O)O)s1. The van der Waals surface area contributed by atoms with Crippen molar-refractivity contribution in [2.24, 2.45) is 0 Å². The molecular weight excluding hydrogens is 418 g/mol. The van der Waals surface area contributed by atoms with Gasteiger partial charge in [-0.15, -0.1) is 11.3 Å². The summed E-state index contributed by atoms with van der Waals surface area (Å²) >= 11 is 7.41. The highest BCUT2D eigenvalue weighted by atomic mass is 35.5. The lowest BCUT2D eigenvalue weighted by molar-refractivity contribution is -0.137. The van der Waals surface area contributed by atoms with Crippen LogP contribution in [0.1, 0.15) is 61.2 Å². The van der Waals surface area contributed by atoms with E-state index in [1.165, 1.54) is 12.1 Å². The van der Waals surface area contributed by atoms with Crippen LogP contribution in [0.4, 0.5) is 0 Å². The number of sulfonamides is 1. The molecule has 1 unspecified atom stereocenters. The van der Waals surface area contributed by atoms with Gasteiger partial charge >= 0.3 is 5.97 Å². The Morgan fingerprint density at radius 1 is 1.14 bits per heavy atom. The van der Waals surface area contributed by atoms with Gasteiger partial charge in [-0.1, -0.05) is 37.8 Å². The van der Waals surface area contributed by atoms with E-state index in [1.807, 2.05) is 12.1 Å². The number of unbranched alkanes of at least 4 members (excludes halogenated alkanes) is 2. The quantitative estimate of drug-likeness (QED) is 0.429. The third kappa shape index (κ3) is 7.20. The number of thiophene rings is 1. The van der Waals surface area contributed by atoms with E-state index in [4.69, 9.17) is 16.7 Å². The molecule has 0 bridgehead atoms. The molecule has 0 spiro atoms. The molecule has 2 aromatic rings. The Kier molecular flexibility index (Phi) is 8.95. The highest BCUT2D eigenvalue weighted by Gasteiger charge is 2.22. The molecule has 28 heavy (non-hydrogen) atoms. The van der Waals surface area contributed by atoms with E-state index in [2.05, 4.69) is 11.6 Å². The normalized spacial score (nSPS) is 12.8. The number of benzene rings is 1. The Hall–Kier alpha value is -1.41. The van der Waals surface area contributed by atoms with Gasteiger partial charge in [0.05, 0.1) is 10.9 Å². The number of hydrogen-bond donors (Lipinski definition) is 2. The zero-order valence-electron chi connectivity index (χ0n) is 15.9. The fraction of sp³-hybridized carbons (Fsp3) is 0.450. The molecule has 2 rings (SSSR count). The first kappa shape index (κ1) is 22.9. The second kappa shape index (κ2) is 11.0. The van der Waals surface area contributed by atoms with Crippen molar-refractivity contribution in [1.82, 2.24) is 4.72 Å². The smallest absolute Gasteiger partial charge is 0.303 e. The Balaban J connectivity index is 2.14. The maximum absolute atomic E-state index is 12.8. The molecule has 0 saturated heterocycles. The van der Waals surface area contributed by atoms with Crippen LogP contribution in [0.25, 0.3) is 0 Å². The standard InChI is InChI=1S/C20H26ClNO4S2/c1-2-3-4-7-18(19-14-11-16(27-19)6-5-8-20(23)24)22-28(25,26)17-12-9-15(21)10-13-17/h9-14,18,22H,2-8H2,1H3,(H,23,24). The number of aryl methyl sites for hydroxylation is 1. The van der Waals surface area contributed by atoms with Gasteiger partial charge in [0.25, 0.3) is 0 Å². The van der Waals surface area contributed by atoms with Gasteiger partial charge in [0.2, 0.25) is 10.0 Å². The minimum absolute atomic E-state index is 0.135. The first-order valence-corrected chi connectivity index (χ1v) is 12.1. The topological polar surface area (TPSA) is 83.5 Å². The first-order chi connectivity index (χ1) is 13.3. The summed E-state index contributed by atoms with van der Waals surface area (Å²) in [5.74, 6) is -0.801. The van der Waals surface area contributed by atoms with Gasteiger partial charge < -0.3 is 5.11 Å². The molecule has 2 N–H and O–H groups in total. The van der Waals surface area contributed by atoms with Gasteiger partial charge in [0, 0.05) is 21.2 Å². The lowest BCUT2D eigenvalue weighted by atomic mass is 10.1. The van der Waals surface area contributed by atoms with Crippen LogP contribution >= 0.6 is 22.9 Å². The van der Waals surface area contributed by atoms with Crippen LogP contribution in [0.5, 0.6) is 0 Å². The molecule has 0 amide bonds. The third-order valence-electron chi connectivity index (χ3n) is 4.36. The average molecular weight is 444 g/mol. The molecule has 0 radical (unpaired) electrons. The van der Waals surface area contributed by atoms with E-state index in [-0.39, 0.29) is 17.4 Å². The van der Waals surface area contributed by atoms with Crippen LogP contribution in [-0.2, 0) is 21.2 Å². The van der Waals surface area contributed by atoms with E-state index in [1.54, 1.807) is 23.5 Å². The predicted octanol–water partition coefficient (Wildman–Crippen LogP) is 5.41. The molecule has 1 aromatic heterocycles. The number of nitrogens with one attached hydrogen (secondary N) is 1. The lowest BCUT2D eigenvalue weighted by Gasteiger charge is -2.18. The van der Waals surface area contributed by atoms with Crippen molar-refractivity contribution in [2.75, 3.05) is 0 Å². The van der Waals surface area contributed by atoms with Crippen molar-refractivity contribution in [3.05, 3.63) is 51.2 Å². The number of carbonyl (C=O) groups is 1. The number of carboxylic acids is 1. The summed E-state index contributed by atoms with van der Waals surface area (Å²) in [6.45, 7) is 2.11. The van der Waals surface area contributed by atoms with Crippen molar-refractivity contribution >= 4 is 38.9 Å².